The summed E-state index contributed by atoms with van der Waals surface area (Å²) in [5, 5.41) is 29.5. The van der Waals surface area contributed by atoms with E-state index in [1.807, 2.05) is 84.3 Å². The lowest BCUT2D eigenvalue weighted by molar-refractivity contribution is -0.141. The highest BCUT2D eigenvalue weighted by molar-refractivity contribution is 7.13. The molecule has 3 aliphatic rings. The molecule has 0 spiro atoms. The number of nitrogens with one attached hydrogen (secondary N) is 1. The quantitative estimate of drug-likeness (QED) is 0.221. The van der Waals surface area contributed by atoms with E-state index in [-0.39, 0.29) is 42.8 Å². The van der Waals surface area contributed by atoms with Gasteiger partial charge in [-0.2, -0.15) is 0 Å². The normalized spacial score (nSPS) is 21.8. The van der Waals surface area contributed by atoms with Gasteiger partial charge >= 0.3 is 6.09 Å². The van der Waals surface area contributed by atoms with Crippen molar-refractivity contribution in [3.8, 4) is 10.4 Å². The largest absolute Gasteiger partial charge is 0.444 e. The van der Waals surface area contributed by atoms with E-state index in [2.05, 4.69) is 20.4 Å². The number of nitrogens with zero attached hydrogens (tertiary/aromatic N) is 5. The summed E-state index contributed by atoms with van der Waals surface area (Å²) in [5.41, 5.74) is 3.46. The molecule has 3 N–H and O–H groups in total. The van der Waals surface area contributed by atoms with Gasteiger partial charge in [0.15, 0.2) is 11.6 Å². The van der Waals surface area contributed by atoms with Gasteiger partial charge in [0.2, 0.25) is 11.8 Å². The van der Waals surface area contributed by atoms with E-state index in [1.54, 1.807) is 16.2 Å². The lowest BCUT2D eigenvalue weighted by Gasteiger charge is -2.41. The second kappa shape index (κ2) is 16.6. The number of amides is 3. The number of hydrogen-bond acceptors (Lipinski definition) is 11. The van der Waals surface area contributed by atoms with Gasteiger partial charge in [-0.15, -0.1) is 11.3 Å². The molecule has 0 unspecified atom stereocenters. The Bertz CT molecular complexity index is 1790. The van der Waals surface area contributed by atoms with Crippen LogP contribution in [0.3, 0.4) is 0 Å². The number of β-amino-alcohol motifs (C(OH)–C–C–N with tert-alkyl or cyclic N) is 1. The van der Waals surface area contributed by atoms with Crippen molar-refractivity contribution in [2.45, 2.75) is 122 Å². The topological polar surface area (TPSA) is 162 Å². The van der Waals surface area contributed by atoms with E-state index >= 15 is 0 Å². The van der Waals surface area contributed by atoms with E-state index in [9.17, 15) is 24.6 Å². The van der Waals surface area contributed by atoms with Crippen LogP contribution < -0.4 is 10.2 Å². The Morgan fingerprint density at radius 2 is 1.75 bits per heavy atom. The third-order valence-corrected chi connectivity index (χ3v) is 12.3. The van der Waals surface area contributed by atoms with Crippen molar-refractivity contribution in [1.29, 1.82) is 0 Å². The molecule has 1 aromatic carbocycles. The summed E-state index contributed by atoms with van der Waals surface area (Å²) in [4.78, 5) is 51.2. The number of aliphatic hydroxyl groups is 2. The number of piperidine rings is 2. The van der Waals surface area contributed by atoms with Crippen LogP contribution in [-0.2, 0) is 14.3 Å². The average molecular weight is 779 g/mol. The van der Waals surface area contributed by atoms with Crippen molar-refractivity contribution in [1.82, 2.24) is 25.3 Å². The molecule has 0 aliphatic carbocycles. The van der Waals surface area contributed by atoms with Crippen molar-refractivity contribution >= 4 is 35.1 Å². The van der Waals surface area contributed by atoms with Gasteiger partial charge in [0.05, 0.1) is 33.8 Å². The van der Waals surface area contributed by atoms with Crippen LogP contribution in [-0.4, -0.2) is 104 Å². The molecule has 55 heavy (non-hydrogen) atoms. The highest BCUT2D eigenvalue weighted by atomic mass is 32.1. The Hall–Kier alpha value is -4.01. The summed E-state index contributed by atoms with van der Waals surface area (Å²) in [5.74, 6) is 0.0387. The molecule has 0 radical (unpaired) electrons. The molecule has 3 amide bonds. The smallest absolute Gasteiger partial charge is 0.410 e. The van der Waals surface area contributed by atoms with Crippen LogP contribution in [0.4, 0.5) is 10.6 Å². The number of carbonyl (C=O) groups excluding carboxylic acids is 3. The Morgan fingerprint density at radius 3 is 2.35 bits per heavy atom. The summed E-state index contributed by atoms with van der Waals surface area (Å²) >= 11 is 1.59. The van der Waals surface area contributed by atoms with Gasteiger partial charge in [0, 0.05) is 45.2 Å². The zero-order valence-corrected chi connectivity index (χ0v) is 34.1. The number of hydrogen-bond donors (Lipinski definition) is 3. The molecule has 14 heteroatoms. The Kier molecular flexibility index (Phi) is 12.3. The Morgan fingerprint density at radius 1 is 1.07 bits per heavy atom. The van der Waals surface area contributed by atoms with Gasteiger partial charge in [-0.05, 0) is 89.7 Å². The molecular weight excluding hydrogens is 721 g/mol. The van der Waals surface area contributed by atoms with Crippen molar-refractivity contribution in [3.63, 3.8) is 0 Å². The Labute approximate surface area is 328 Å². The van der Waals surface area contributed by atoms with Crippen LogP contribution in [0, 0.1) is 18.8 Å². The number of thiazole rings is 1. The second-order valence-corrected chi connectivity index (χ2v) is 18.0. The van der Waals surface area contributed by atoms with Crippen LogP contribution in [0.5, 0.6) is 0 Å². The molecule has 0 saturated carbocycles. The van der Waals surface area contributed by atoms with E-state index in [0.29, 0.717) is 49.8 Å². The van der Waals surface area contributed by atoms with Crippen LogP contribution in [0.1, 0.15) is 109 Å². The van der Waals surface area contributed by atoms with Crippen LogP contribution in [0.15, 0.2) is 40.4 Å². The number of rotatable bonds is 10. The molecule has 4 atom stereocenters. The van der Waals surface area contributed by atoms with Crippen molar-refractivity contribution in [3.05, 3.63) is 52.9 Å². The number of benzene rings is 1. The highest BCUT2D eigenvalue weighted by Gasteiger charge is 2.44. The molecule has 5 heterocycles. The molecule has 3 aromatic rings. The summed E-state index contributed by atoms with van der Waals surface area (Å²) in [6.45, 7) is 15.8. The van der Waals surface area contributed by atoms with Gasteiger partial charge in [-0.3, -0.25) is 9.59 Å². The number of aliphatic hydroxyl groups excluding tert-OH is 1. The van der Waals surface area contributed by atoms with Gasteiger partial charge in [-0.1, -0.05) is 43.3 Å². The monoisotopic (exact) mass is 778 g/mol. The minimum absolute atomic E-state index is 0.0668. The fourth-order valence-electron chi connectivity index (χ4n) is 8.23. The minimum Gasteiger partial charge on any atom is -0.444 e. The van der Waals surface area contributed by atoms with Crippen LogP contribution in [0.25, 0.3) is 10.4 Å². The molecule has 3 aliphatic heterocycles. The second-order valence-electron chi connectivity index (χ2n) is 17.2. The van der Waals surface area contributed by atoms with E-state index in [1.165, 1.54) is 4.90 Å². The van der Waals surface area contributed by atoms with Crippen molar-refractivity contribution < 1.29 is 33.9 Å². The molecule has 6 rings (SSSR count). The first kappa shape index (κ1) is 40.6. The first-order valence-corrected chi connectivity index (χ1v) is 20.6. The standard InChI is InChI=1S/C41H58N6O7S/c1-25(2)35(38(50)47-23-31(48)20-32(47)37(49)43-26(3)29-8-10-30(11-9-29)36-27(4)42-24-55-36)33-21-34(44-54-33)45-16-12-28(13-17-45)22-41(52)14-18-46(19-15-41)39(51)53-40(5,6)7/h8-11,21,24-26,28,31-32,35,48,52H,12-20,22-23H2,1-7H3,(H,43,49)/t26-,31+,32-,35+/m0/s1. The zero-order valence-electron chi connectivity index (χ0n) is 33.3. The maximum Gasteiger partial charge on any atom is 0.410 e. The number of likely N-dealkylation sites (tertiary alicyclic amines) is 2. The zero-order chi connectivity index (χ0) is 39.7. The fraction of sp³-hybridized carbons (Fsp3) is 0.634. The predicted octanol–water partition coefficient (Wildman–Crippen LogP) is 6.05. The number of aromatic nitrogens is 2. The molecule has 0 bridgehead atoms. The van der Waals surface area contributed by atoms with Gasteiger partial charge in [-0.25, -0.2) is 9.78 Å². The predicted molar refractivity (Wildman–Crippen MR) is 211 cm³/mol. The molecule has 13 nitrogen and oxygen atoms in total. The first-order valence-electron chi connectivity index (χ1n) is 19.7. The van der Waals surface area contributed by atoms with Gasteiger partial charge in [0.1, 0.15) is 17.6 Å². The average Bonchev–Trinajstić information content (AvgIpc) is 3.88. The minimum atomic E-state index is -0.814. The van der Waals surface area contributed by atoms with E-state index in [4.69, 9.17) is 9.26 Å². The van der Waals surface area contributed by atoms with Crippen molar-refractivity contribution in [2.75, 3.05) is 37.6 Å². The summed E-state index contributed by atoms with van der Waals surface area (Å²) < 4.78 is 11.4. The molecule has 3 fully saturated rings. The first-order chi connectivity index (χ1) is 26.0. The van der Waals surface area contributed by atoms with Crippen LogP contribution in [0.2, 0.25) is 0 Å². The summed E-state index contributed by atoms with van der Waals surface area (Å²) in [7, 11) is 0. The number of anilines is 1. The maximum absolute atomic E-state index is 14.2. The third kappa shape index (κ3) is 9.69. The molecule has 3 saturated heterocycles. The highest BCUT2D eigenvalue weighted by Crippen LogP contribution is 2.37. The summed E-state index contributed by atoms with van der Waals surface area (Å²) in [6.07, 6.45) is 2.52. The van der Waals surface area contributed by atoms with Gasteiger partial charge in [0.25, 0.3) is 0 Å². The van der Waals surface area contributed by atoms with Gasteiger partial charge < -0.3 is 39.5 Å². The number of ether oxygens (including phenoxy) is 1. The molecule has 300 valence electrons. The maximum atomic E-state index is 14.2. The van der Waals surface area contributed by atoms with Crippen molar-refractivity contribution in [2.24, 2.45) is 11.8 Å². The summed E-state index contributed by atoms with van der Waals surface area (Å²) in [6, 6.07) is 8.76. The molecular formula is C41H58N6O7S. The number of aryl methyl sites for hydroxylation is 1. The van der Waals surface area contributed by atoms with E-state index < -0.39 is 29.3 Å². The fourth-order valence-corrected chi connectivity index (χ4v) is 9.04. The van der Waals surface area contributed by atoms with Crippen LogP contribution >= 0.6 is 11.3 Å². The SMILES string of the molecule is Cc1ncsc1-c1ccc([C@H](C)NC(=O)[C@@H]2C[C@@H](O)CN2C(=O)[C@@H](c2cc(N3CCC(CC4(O)CCN(C(=O)OC(C)(C)C)CC4)CC3)no2)C(C)C)cc1. The Balaban J connectivity index is 1.03. The lowest BCUT2D eigenvalue weighted by Crippen LogP contribution is -2.49. The molecule has 2 aromatic heterocycles. The number of carbonyl (C=O) groups is 3. The van der Waals surface area contributed by atoms with E-state index in [0.717, 1.165) is 47.6 Å². The lowest BCUT2D eigenvalue weighted by atomic mass is 9.79. The third-order valence-electron chi connectivity index (χ3n) is 11.4.